The number of nitrogens with one attached hydrogen (secondary N) is 1. The van der Waals surface area contributed by atoms with E-state index in [4.69, 9.17) is 0 Å². The number of rotatable bonds is 2. The van der Waals surface area contributed by atoms with Crippen LogP contribution in [-0.4, -0.2) is 16.0 Å². The molecule has 0 bridgehead atoms. The molecule has 1 aromatic rings. The molecule has 1 heterocycles. The molecule has 0 saturated heterocycles. The van der Waals surface area contributed by atoms with E-state index in [0.29, 0.717) is 6.04 Å². The summed E-state index contributed by atoms with van der Waals surface area (Å²) in [4.78, 5) is 8.64. The summed E-state index contributed by atoms with van der Waals surface area (Å²) in [5, 5.41) is 3.46. The van der Waals surface area contributed by atoms with Gasteiger partial charge in [0.1, 0.15) is 11.6 Å². The van der Waals surface area contributed by atoms with Crippen LogP contribution in [0.3, 0.4) is 0 Å². The zero-order valence-corrected chi connectivity index (χ0v) is 9.33. The maximum absolute atomic E-state index is 4.38. The minimum Gasteiger partial charge on any atom is -0.367 e. The molecule has 1 aromatic heterocycles. The van der Waals surface area contributed by atoms with Crippen LogP contribution in [0.25, 0.3) is 0 Å². The first-order chi connectivity index (χ1) is 7.24. The summed E-state index contributed by atoms with van der Waals surface area (Å²) in [6.07, 6.45) is 7.94. The second-order valence-electron chi connectivity index (χ2n) is 4.07. The molecule has 0 saturated carbocycles. The van der Waals surface area contributed by atoms with E-state index in [1.54, 1.807) is 0 Å². The number of hydrogen-bond donors (Lipinski definition) is 1. The normalized spacial score (nSPS) is 20.3. The van der Waals surface area contributed by atoms with Crippen molar-refractivity contribution in [1.82, 2.24) is 9.97 Å². The van der Waals surface area contributed by atoms with Crippen LogP contribution < -0.4 is 5.32 Å². The second kappa shape index (κ2) is 4.43. The fraction of sp³-hybridized carbons (Fsp3) is 0.500. The van der Waals surface area contributed by atoms with Gasteiger partial charge in [-0.25, -0.2) is 9.97 Å². The van der Waals surface area contributed by atoms with Gasteiger partial charge >= 0.3 is 0 Å². The van der Waals surface area contributed by atoms with Gasteiger partial charge in [-0.05, 0) is 33.1 Å². The minimum absolute atomic E-state index is 0.531. The van der Waals surface area contributed by atoms with Crippen LogP contribution in [0.1, 0.15) is 30.8 Å². The highest BCUT2D eigenvalue weighted by Crippen LogP contribution is 2.16. The molecule has 2 rings (SSSR count). The number of anilines is 1. The Kier molecular flexibility index (Phi) is 2.99. The summed E-state index contributed by atoms with van der Waals surface area (Å²) < 4.78 is 0. The van der Waals surface area contributed by atoms with Gasteiger partial charge in [0.15, 0.2) is 0 Å². The molecule has 1 atom stereocenters. The molecule has 1 aliphatic carbocycles. The molecule has 0 aromatic carbocycles. The largest absolute Gasteiger partial charge is 0.367 e. The highest BCUT2D eigenvalue weighted by molar-refractivity contribution is 5.37. The van der Waals surface area contributed by atoms with E-state index in [-0.39, 0.29) is 0 Å². The molecule has 15 heavy (non-hydrogen) atoms. The highest BCUT2D eigenvalue weighted by Gasteiger charge is 2.10. The second-order valence-corrected chi connectivity index (χ2v) is 4.07. The van der Waals surface area contributed by atoms with Crippen molar-refractivity contribution in [2.24, 2.45) is 0 Å². The summed E-state index contributed by atoms with van der Waals surface area (Å²) in [6, 6.07) is 2.54. The quantitative estimate of drug-likeness (QED) is 0.751. The third-order valence-electron chi connectivity index (χ3n) is 2.59. The lowest BCUT2D eigenvalue weighted by Gasteiger charge is -2.20. The summed E-state index contributed by atoms with van der Waals surface area (Å²) in [7, 11) is 0. The van der Waals surface area contributed by atoms with E-state index >= 15 is 0 Å². The van der Waals surface area contributed by atoms with Crippen molar-refractivity contribution >= 4 is 5.82 Å². The molecule has 0 aliphatic heterocycles. The number of aromatic nitrogens is 2. The zero-order valence-electron chi connectivity index (χ0n) is 9.33. The van der Waals surface area contributed by atoms with Gasteiger partial charge in [0.05, 0.1) is 0 Å². The molecule has 3 heteroatoms. The molecule has 80 valence electrons. The van der Waals surface area contributed by atoms with Crippen LogP contribution >= 0.6 is 0 Å². The Balaban J connectivity index is 2.06. The van der Waals surface area contributed by atoms with Crippen molar-refractivity contribution in [2.45, 2.75) is 39.2 Å². The fourth-order valence-electron chi connectivity index (χ4n) is 1.92. The topological polar surface area (TPSA) is 37.8 Å². The van der Waals surface area contributed by atoms with E-state index in [0.717, 1.165) is 23.8 Å². The third-order valence-corrected chi connectivity index (χ3v) is 2.59. The molecule has 0 fully saturated rings. The van der Waals surface area contributed by atoms with Crippen molar-refractivity contribution in [3.8, 4) is 0 Å². The fourth-order valence-corrected chi connectivity index (χ4v) is 1.92. The molecular weight excluding hydrogens is 186 g/mol. The lowest BCUT2D eigenvalue weighted by Crippen LogP contribution is -2.21. The molecule has 0 spiro atoms. The molecular formula is C12H17N3. The Morgan fingerprint density at radius 1 is 1.27 bits per heavy atom. The van der Waals surface area contributed by atoms with Crippen LogP contribution in [0.2, 0.25) is 0 Å². The maximum Gasteiger partial charge on any atom is 0.130 e. The first-order valence-corrected chi connectivity index (χ1v) is 5.48. The van der Waals surface area contributed by atoms with Gasteiger partial charge in [-0.2, -0.15) is 0 Å². The Bertz CT molecular complexity index is 351. The maximum atomic E-state index is 4.38. The van der Waals surface area contributed by atoms with Crippen LogP contribution in [0.5, 0.6) is 0 Å². The Morgan fingerprint density at radius 2 is 2.13 bits per heavy atom. The van der Waals surface area contributed by atoms with E-state index in [1.165, 1.54) is 12.8 Å². The standard InChI is InChI=1S/C12H17N3/c1-9-8-12(14-10(2)13-9)15-11-6-4-3-5-7-11/h3-4,8,11H,5-7H2,1-2H3,(H,13,14,15). The van der Waals surface area contributed by atoms with E-state index in [9.17, 15) is 0 Å². The molecule has 1 N–H and O–H groups in total. The average molecular weight is 203 g/mol. The summed E-state index contributed by atoms with van der Waals surface area (Å²) in [5.74, 6) is 1.80. The van der Waals surface area contributed by atoms with Gasteiger partial charge in [-0.1, -0.05) is 12.2 Å². The molecule has 1 unspecified atom stereocenters. The van der Waals surface area contributed by atoms with Gasteiger partial charge in [-0.3, -0.25) is 0 Å². The van der Waals surface area contributed by atoms with Gasteiger partial charge in [-0.15, -0.1) is 0 Å². The Hall–Kier alpha value is -1.38. The lowest BCUT2D eigenvalue weighted by molar-refractivity contribution is 0.641. The Morgan fingerprint density at radius 3 is 2.80 bits per heavy atom. The van der Waals surface area contributed by atoms with Crippen LogP contribution in [0.15, 0.2) is 18.2 Å². The van der Waals surface area contributed by atoms with E-state index < -0.39 is 0 Å². The highest BCUT2D eigenvalue weighted by atomic mass is 15.0. The first kappa shape index (κ1) is 10.1. The average Bonchev–Trinajstić information content (AvgIpc) is 2.17. The van der Waals surface area contributed by atoms with Crippen molar-refractivity contribution in [2.75, 3.05) is 5.32 Å². The summed E-state index contributed by atoms with van der Waals surface area (Å²) in [5.41, 5.74) is 1.02. The number of aryl methyl sites for hydroxylation is 2. The van der Waals surface area contributed by atoms with E-state index in [1.807, 2.05) is 19.9 Å². The predicted octanol–water partition coefficient (Wildman–Crippen LogP) is 2.61. The molecule has 0 amide bonds. The van der Waals surface area contributed by atoms with Crippen LogP contribution in [-0.2, 0) is 0 Å². The number of allylic oxidation sites excluding steroid dienone is 1. The summed E-state index contributed by atoms with van der Waals surface area (Å²) >= 11 is 0. The van der Waals surface area contributed by atoms with Crippen molar-refractivity contribution in [3.63, 3.8) is 0 Å². The van der Waals surface area contributed by atoms with E-state index in [2.05, 4.69) is 27.4 Å². The smallest absolute Gasteiger partial charge is 0.130 e. The molecule has 3 nitrogen and oxygen atoms in total. The van der Waals surface area contributed by atoms with Crippen LogP contribution in [0, 0.1) is 13.8 Å². The van der Waals surface area contributed by atoms with Crippen molar-refractivity contribution in [3.05, 3.63) is 29.7 Å². The zero-order chi connectivity index (χ0) is 10.7. The van der Waals surface area contributed by atoms with Gasteiger partial charge in [0, 0.05) is 17.8 Å². The lowest BCUT2D eigenvalue weighted by atomic mass is 10.0. The monoisotopic (exact) mass is 203 g/mol. The molecule has 1 aliphatic rings. The van der Waals surface area contributed by atoms with Crippen molar-refractivity contribution in [1.29, 1.82) is 0 Å². The van der Waals surface area contributed by atoms with Crippen LogP contribution in [0.4, 0.5) is 5.82 Å². The minimum atomic E-state index is 0.531. The summed E-state index contributed by atoms with van der Waals surface area (Å²) in [6.45, 7) is 3.93. The SMILES string of the molecule is Cc1cc(NC2CC=CCC2)nc(C)n1. The Labute approximate surface area is 90.6 Å². The van der Waals surface area contributed by atoms with Crippen molar-refractivity contribution < 1.29 is 0 Å². The molecule has 0 radical (unpaired) electrons. The van der Waals surface area contributed by atoms with Gasteiger partial charge in [0.25, 0.3) is 0 Å². The number of nitrogens with zero attached hydrogens (tertiary/aromatic N) is 2. The first-order valence-electron chi connectivity index (χ1n) is 5.48. The number of hydrogen-bond acceptors (Lipinski definition) is 3. The van der Waals surface area contributed by atoms with Gasteiger partial charge in [0.2, 0.25) is 0 Å². The van der Waals surface area contributed by atoms with Gasteiger partial charge < -0.3 is 5.32 Å². The third kappa shape index (κ3) is 2.78. The predicted molar refractivity (Wildman–Crippen MR) is 61.9 cm³/mol.